The van der Waals surface area contributed by atoms with Gasteiger partial charge < -0.3 is 15.2 Å². The molecule has 0 spiro atoms. The summed E-state index contributed by atoms with van der Waals surface area (Å²) in [6, 6.07) is 0. The lowest BCUT2D eigenvalue weighted by molar-refractivity contribution is -0.137. The van der Waals surface area contributed by atoms with Crippen LogP contribution in [0.15, 0.2) is 12.2 Å². The van der Waals surface area contributed by atoms with E-state index in [4.69, 9.17) is 9.84 Å². The molecule has 1 amide bonds. The first-order valence-corrected chi connectivity index (χ1v) is 5.56. The largest absolute Gasteiger partial charge is 0.481 e. The van der Waals surface area contributed by atoms with Gasteiger partial charge >= 0.3 is 12.1 Å². The SMILES string of the molecule is CC(/C=C\CNC(=O)OC(C)(C)C)CC(=O)O. The van der Waals surface area contributed by atoms with E-state index in [0.29, 0.717) is 6.54 Å². The molecule has 0 saturated heterocycles. The molecule has 0 saturated carbocycles. The molecule has 0 aromatic carbocycles. The summed E-state index contributed by atoms with van der Waals surface area (Å²) in [7, 11) is 0. The molecule has 1 unspecified atom stereocenters. The number of rotatable bonds is 5. The molecule has 2 N–H and O–H groups in total. The number of nitrogens with one attached hydrogen (secondary N) is 1. The Morgan fingerprint density at radius 3 is 2.47 bits per heavy atom. The summed E-state index contributed by atoms with van der Waals surface area (Å²) in [6.45, 7) is 7.50. The molecule has 5 heteroatoms. The first kappa shape index (κ1) is 15.5. The number of aliphatic carboxylic acids is 1. The molecular formula is C12H21NO4. The monoisotopic (exact) mass is 243 g/mol. The van der Waals surface area contributed by atoms with Gasteiger partial charge in [-0.2, -0.15) is 0 Å². The van der Waals surface area contributed by atoms with Crippen LogP contribution in [-0.4, -0.2) is 29.3 Å². The summed E-state index contributed by atoms with van der Waals surface area (Å²) < 4.78 is 5.03. The fraction of sp³-hybridized carbons (Fsp3) is 0.667. The molecule has 0 rings (SSSR count). The lowest BCUT2D eigenvalue weighted by Gasteiger charge is -2.19. The van der Waals surface area contributed by atoms with E-state index < -0.39 is 17.7 Å². The predicted octanol–water partition coefficient (Wildman–Crippen LogP) is 2.18. The van der Waals surface area contributed by atoms with Gasteiger partial charge in [-0.05, 0) is 26.7 Å². The maximum atomic E-state index is 11.2. The summed E-state index contributed by atoms with van der Waals surface area (Å²) in [5, 5.41) is 11.1. The Balaban J connectivity index is 3.80. The minimum Gasteiger partial charge on any atom is -0.481 e. The van der Waals surface area contributed by atoms with E-state index in [1.54, 1.807) is 39.8 Å². The summed E-state index contributed by atoms with van der Waals surface area (Å²) >= 11 is 0. The number of carboxylic acid groups (broad SMARTS) is 1. The van der Waals surface area contributed by atoms with Gasteiger partial charge in [-0.3, -0.25) is 4.79 Å². The van der Waals surface area contributed by atoms with E-state index >= 15 is 0 Å². The lowest BCUT2D eigenvalue weighted by Crippen LogP contribution is -2.32. The van der Waals surface area contributed by atoms with Gasteiger partial charge in [-0.1, -0.05) is 19.1 Å². The molecule has 0 aromatic rings. The summed E-state index contributed by atoms with van der Waals surface area (Å²) in [5.74, 6) is -0.879. The van der Waals surface area contributed by atoms with Crippen molar-refractivity contribution in [1.29, 1.82) is 0 Å². The second kappa shape index (κ2) is 6.93. The molecule has 0 bridgehead atoms. The average Bonchev–Trinajstić information content (AvgIpc) is 2.08. The Morgan fingerprint density at radius 1 is 1.41 bits per heavy atom. The molecule has 0 aromatic heterocycles. The van der Waals surface area contributed by atoms with E-state index in [1.807, 2.05) is 0 Å². The maximum Gasteiger partial charge on any atom is 0.407 e. The van der Waals surface area contributed by atoms with Crippen LogP contribution >= 0.6 is 0 Å². The van der Waals surface area contributed by atoms with Crippen LogP contribution in [0.2, 0.25) is 0 Å². The van der Waals surface area contributed by atoms with E-state index in [9.17, 15) is 9.59 Å². The summed E-state index contributed by atoms with van der Waals surface area (Å²) in [5.41, 5.74) is -0.510. The Hall–Kier alpha value is -1.52. The van der Waals surface area contributed by atoms with Crippen LogP contribution in [0.25, 0.3) is 0 Å². The van der Waals surface area contributed by atoms with Crippen molar-refractivity contribution >= 4 is 12.1 Å². The highest BCUT2D eigenvalue weighted by atomic mass is 16.6. The molecule has 98 valence electrons. The van der Waals surface area contributed by atoms with Crippen molar-refractivity contribution in [2.75, 3.05) is 6.54 Å². The first-order chi connectivity index (χ1) is 7.70. The molecule has 1 atom stereocenters. The fourth-order valence-electron chi connectivity index (χ4n) is 1.10. The predicted molar refractivity (Wildman–Crippen MR) is 64.8 cm³/mol. The highest BCUT2D eigenvalue weighted by molar-refractivity contribution is 5.68. The number of amides is 1. The molecule has 17 heavy (non-hydrogen) atoms. The van der Waals surface area contributed by atoms with Gasteiger partial charge in [-0.25, -0.2) is 4.79 Å². The lowest BCUT2D eigenvalue weighted by atomic mass is 10.1. The number of carbonyl (C=O) groups excluding carboxylic acids is 1. The number of hydrogen-bond acceptors (Lipinski definition) is 3. The Labute approximate surface area is 102 Å². The van der Waals surface area contributed by atoms with Crippen molar-refractivity contribution in [2.24, 2.45) is 5.92 Å². The second-order valence-electron chi connectivity index (χ2n) is 4.89. The van der Waals surface area contributed by atoms with E-state index in [1.165, 1.54) is 0 Å². The van der Waals surface area contributed by atoms with Crippen LogP contribution in [0.1, 0.15) is 34.1 Å². The molecular weight excluding hydrogens is 222 g/mol. The third-order valence-electron chi connectivity index (χ3n) is 1.72. The van der Waals surface area contributed by atoms with E-state index in [0.717, 1.165) is 0 Å². The number of carbonyl (C=O) groups is 2. The van der Waals surface area contributed by atoms with Gasteiger partial charge in [0.25, 0.3) is 0 Å². The number of allylic oxidation sites excluding steroid dienone is 1. The first-order valence-electron chi connectivity index (χ1n) is 5.56. The highest BCUT2D eigenvalue weighted by Gasteiger charge is 2.14. The van der Waals surface area contributed by atoms with Crippen LogP contribution < -0.4 is 5.32 Å². The number of hydrogen-bond donors (Lipinski definition) is 2. The van der Waals surface area contributed by atoms with Crippen LogP contribution in [0.3, 0.4) is 0 Å². The zero-order valence-electron chi connectivity index (χ0n) is 10.8. The molecule has 0 heterocycles. The quantitative estimate of drug-likeness (QED) is 0.726. The van der Waals surface area contributed by atoms with Crippen molar-refractivity contribution < 1.29 is 19.4 Å². The third-order valence-corrected chi connectivity index (χ3v) is 1.72. The van der Waals surface area contributed by atoms with Gasteiger partial charge in [-0.15, -0.1) is 0 Å². The summed E-state index contributed by atoms with van der Waals surface area (Å²) in [4.78, 5) is 21.6. The van der Waals surface area contributed by atoms with Gasteiger partial charge in [0.05, 0.1) is 6.42 Å². The maximum absolute atomic E-state index is 11.2. The van der Waals surface area contributed by atoms with Crippen LogP contribution in [0, 0.1) is 5.92 Å². The zero-order chi connectivity index (χ0) is 13.5. The molecule has 0 radical (unpaired) electrons. The van der Waals surface area contributed by atoms with Crippen LogP contribution in [0.4, 0.5) is 4.79 Å². The topological polar surface area (TPSA) is 75.6 Å². The van der Waals surface area contributed by atoms with Crippen molar-refractivity contribution in [3.8, 4) is 0 Å². The third kappa shape index (κ3) is 10.8. The Kier molecular flexibility index (Phi) is 6.31. The number of carboxylic acids is 1. The van der Waals surface area contributed by atoms with Crippen LogP contribution in [0.5, 0.6) is 0 Å². The molecule has 0 fully saturated rings. The van der Waals surface area contributed by atoms with E-state index in [-0.39, 0.29) is 12.3 Å². The standard InChI is InChI=1S/C12H21NO4/c1-9(8-10(14)15)6-5-7-13-11(16)17-12(2,3)4/h5-6,9H,7-8H2,1-4H3,(H,13,16)(H,14,15)/b6-5-. The van der Waals surface area contributed by atoms with Crippen molar-refractivity contribution in [1.82, 2.24) is 5.32 Å². The normalized spacial score (nSPS) is 13.4. The zero-order valence-corrected chi connectivity index (χ0v) is 10.8. The van der Waals surface area contributed by atoms with Crippen molar-refractivity contribution in [3.05, 3.63) is 12.2 Å². The van der Waals surface area contributed by atoms with E-state index in [2.05, 4.69) is 5.32 Å². The molecule has 0 aliphatic carbocycles. The van der Waals surface area contributed by atoms with Crippen molar-refractivity contribution in [3.63, 3.8) is 0 Å². The minimum atomic E-state index is -0.831. The minimum absolute atomic E-state index is 0.0482. The number of alkyl carbamates (subject to hydrolysis) is 1. The Morgan fingerprint density at radius 2 is 2.00 bits per heavy atom. The van der Waals surface area contributed by atoms with Crippen molar-refractivity contribution in [2.45, 2.75) is 39.7 Å². The second-order valence-corrected chi connectivity index (χ2v) is 4.89. The molecule has 5 nitrogen and oxygen atoms in total. The van der Waals surface area contributed by atoms with Crippen LogP contribution in [-0.2, 0) is 9.53 Å². The highest BCUT2D eigenvalue weighted by Crippen LogP contribution is 2.06. The van der Waals surface area contributed by atoms with Gasteiger partial charge in [0, 0.05) is 6.54 Å². The Bertz CT molecular complexity index is 291. The fourth-order valence-corrected chi connectivity index (χ4v) is 1.10. The average molecular weight is 243 g/mol. The molecule has 0 aliphatic rings. The number of ether oxygens (including phenoxy) is 1. The van der Waals surface area contributed by atoms with Gasteiger partial charge in [0.15, 0.2) is 0 Å². The molecule has 0 aliphatic heterocycles. The van der Waals surface area contributed by atoms with Gasteiger partial charge in [0.2, 0.25) is 0 Å². The smallest absolute Gasteiger partial charge is 0.407 e. The van der Waals surface area contributed by atoms with Gasteiger partial charge in [0.1, 0.15) is 5.60 Å². The summed E-state index contributed by atoms with van der Waals surface area (Å²) in [6.07, 6.45) is 3.08.